The van der Waals surface area contributed by atoms with Crippen LogP contribution in [0.15, 0.2) is 24.3 Å². The number of nitrogens with one attached hydrogen (secondary N) is 1. The van der Waals surface area contributed by atoms with Crippen LogP contribution in [0.3, 0.4) is 0 Å². The Morgan fingerprint density at radius 1 is 1.11 bits per heavy atom. The fraction of sp³-hybridized carbons (Fsp3) is 0.250. The molecule has 5 N–H and O–H groups in total. The topological polar surface area (TPSA) is 130 Å². The summed E-state index contributed by atoms with van der Waals surface area (Å²) in [5.41, 5.74) is 6.96. The number of aryl methyl sites for hydroxylation is 1. The first-order chi connectivity index (χ1) is 8.90. The highest BCUT2D eigenvalue weighted by atomic mass is 16.4. The van der Waals surface area contributed by atoms with E-state index in [2.05, 4.69) is 0 Å². The third-order valence-electron chi connectivity index (χ3n) is 2.42. The van der Waals surface area contributed by atoms with E-state index in [9.17, 15) is 14.4 Å². The van der Waals surface area contributed by atoms with Gasteiger partial charge in [-0.15, -0.1) is 0 Å². The Bertz CT molecular complexity index is 469. The van der Waals surface area contributed by atoms with Crippen LogP contribution in [0.25, 0.3) is 0 Å². The van der Waals surface area contributed by atoms with Crippen LogP contribution >= 0.6 is 0 Å². The van der Waals surface area contributed by atoms with Crippen molar-refractivity contribution in [2.45, 2.75) is 18.9 Å². The Balaban J connectivity index is 2.49. The lowest BCUT2D eigenvalue weighted by Crippen LogP contribution is -2.46. The van der Waals surface area contributed by atoms with E-state index >= 15 is 0 Å². The summed E-state index contributed by atoms with van der Waals surface area (Å²) in [6, 6.07) is 4.94. The average Bonchev–Trinajstić information content (AvgIpc) is 2.34. The first-order valence-corrected chi connectivity index (χ1v) is 5.49. The number of carbonyl (C=O) groups excluding carboxylic acids is 1. The van der Waals surface area contributed by atoms with Crippen molar-refractivity contribution >= 4 is 23.5 Å². The van der Waals surface area contributed by atoms with Crippen molar-refractivity contribution in [3.8, 4) is 0 Å². The summed E-state index contributed by atoms with van der Waals surface area (Å²) in [5.74, 6) is -3.84. The van der Waals surface area contributed by atoms with E-state index in [1.165, 1.54) is 0 Å². The summed E-state index contributed by atoms with van der Waals surface area (Å²) in [7, 11) is 0. The van der Waals surface area contributed by atoms with Crippen molar-refractivity contribution < 1.29 is 24.6 Å². The minimum atomic E-state index is -1.92. The van der Waals surface area contributed by atoms with Crippen LogP contribution in [0.5, 0.6) is 0 Å². The number of amides is 1. The fourth-order valence-corrected chi connectivity index (χ4v) is 1.40. The lowest BCUT2D eigenvalue weighted by molar-refractivity contribution is -0.153. The molecule has 102 valence electrons. The van der Waals surface area contributed by atoms with Gasteiger partial charge < -0.3 is 21.3 Å². The normalized spacial score (nSPS) is 10.2. The molecule has 0 bridgehead atoms. The molecule has 0 heterocycles. The quantitative estimate of drug-likeness (QED) is 0.418. The predicted octanol–water partition coefficient (Wildman–Crippen LogP) is -0.145. The molecule has 0 atom stereocenters. The molecule has 0 fully saturated rings. The molecule has 0 aromatic heterocycles. The van der Waals surface area contributed by atoms with Gasteiger partial charge in [-0.3, -0.25) is 4.79 Å². The van der Waals surface area contributed by atoms with Crippen molar-refractivity contribution in [3.05, 3.63) is 29.8 Å². The fourth-order valence-electron chi connectivity index (χ4n) is 1.40. The molecule has 1 rings (SSSR count). The first kappa shape index (κ1) is 14.5. The summed E-state index contributed by atoms with van der Waals surface area (Å²) in [6.45, 7) is 0. The van der Waals surface area contributed by atoms with Crippen LogP contribution in [-0.4, -0.2) is 34.1 Å². The molecule has 19 heavy (non-hydrogen) atoms. The van der Waals surface area contributed by atoms with Crippen LogP contribution in [0.1, 0.15) is 12.0 Å². The molecule has 1 aromatic rings. The second-order valence-electron chi connectivity index (χ2n) is 3.92. The lowest BCUT2D eigenvalue weighted by atomic mass is 10.1. The minimum absolute atomic E-state index is 0.000970. The van der Waals surface area contributed by atoms with E-state index < -0.39 is 23.9 Å². The zero-order valence-corrected chi connectivity index (χ0v) is 10.00. The molecule has 0 aliphatic heterocycles. The van der Waals surface area contributed by atoms with Gasteiger partial charge in [0.05, 0.1) is 0 Å². The maximum Gasteiger partial charge on any atom is 0.338 e. The van der Waals surface area contributed by atoms with Gasteiger partial charge in [0.15, 0.2) is 0 Å². The van der Waals surface area contributed by atoms with Crippen molar-refractivity contribution in [2.24, 2.45) is 0 Å². The zero-order valence-electron chi connectivity index (χ0n) is 10.00. The van der Waals surface area contributed by atoms with Crippen molar-refractivity contribution in [2.75, 3.05) is 5.73 Å². The van der Waals surface area contributed by atoms with E-state index in [0.29, 0.717) is 12.1 Å². The number of aliphatic carboxylic acids is 2. The van der Waals surface area contributed by atoms with Crippen LogP contribution in [-0.2, 0) is 20.8 Å². The summed E-state index contributed by atoms with van der Waals surface area (Å²) in [5, 5.41) is 19.1. The molecular weight excluding hydrogens is 252 g/mol. The van der Waals surface area contributed by atoms with Gasteiger partial charge in [0.2, 0.25) is 11.9 Å². The Hall–Kier alpha value is -2.57. The second-order valence-corrected chi connectivity index (χ2v) is 3.92. The molecule has 0 radical (unpaired) electrons. The Kier molecular flexibility index (Phi) is 4.87. The first-order valence-electron chi connectivity index (χ1n) is 5.49. The highest BCUT2D eigenvalue weighted by Crippen LogP contribution is 2.07. The number of hydrogen-bond donors (Lipinski definition) is 4. The zero-order chi connectivity index (χ0) is 14.4. The minimum Gasteiger partial charge on any atom is -0.479 e. The summed E-state index contributed by atoms with van der Waals surface area (Å²) in [4.78, 5) is 32.6. The number of carbonyl (C=O) groups is 3. The maximum absolute atomic E-state index is 11.4. The van der Waals surface area contributed by atoms with E-state index in [-0.39, 0.29) is 6.42 Å². The predicted molar refractivity (Wildman–Crippen MR) is 66.4 cm³/mol. The molecule has 7 nitrogen and oxygen atoms in total. The highest BCUT2D eigenvalue weighted by molar-refractivity contribution is 6.00. The summed E-state index contributed by atoms with van der Waals surface area (Å²) in [6.07, 6.45) is 0.374. The Labute approximate surface area is 109 Å². The van der Waals surface area contributed by atoms with E-state index in [0.717, 1.165) is 5.56 Å². The number of rotatable bonds is 6. The lowest BCUT2D eigenvalue weighted by Gasteiger charge is -2.09. The summed E-state index contributed by atoms with van der Waals surface area (Å²) < 4.78 is 0. The van der Waals surface area contributed by atoms with Gasteiger partial charge in [0, 0.05) is 12.1 Å². The number of benzene rings is 1. The number of anilines is 1. The molecule has 0 saturated heterocycles. The van der Waals surface area contributed by atoms with E-state index in [1.807, 2.05) is 5.32 Å². The van der Waals surface area contributed by atoms with Gasteiger partial charge in [0.25, 0.3) is 0 Å². The number of carboxylic acids is 2. The highest BCUT2D eigenvalue weighted by Gasteiger charge is 2.27. The molecule has 1 aromatic carbocycles. The number of carboxylic acid groups (broad SMARTS) is 2. The third-order valence-corrected chi connectivity index (χ3v) is 2.42. The largest absolute Gasteiger partial charge is 0.479 e. The number of hydrogen-bond acceptors (Lipinski definition) is 4. The number of nitrogens with two attached hydrogens (primary N) is 1. The molecule has 0 spiro atoms. The van der Waals surface area contributed by atoms with Gasteiger partial charge in [-0.2, -0.15) is 0 Å². The summed E-state index contributed by atoms with van der Waals surface area (Å²) >= 11 is 0. The van der Waals surface area contributed by atoms with Crippen LogP contribution in [0.2, 0.25) is 0 Å². The van der Waals surface area contributed by atoms with Crippen molar-refractivity contribution in [1.82, 2.24) is 5.32 Å². The number of nitrogen functional groups attached to an aromatic ring is 1. The van der Waals surface area contributed by atoms with Gasteiger partial charge in [-0.25, -0.2) is 9.59 Å². The van der Waals surface area contributed by atoms with Crippen LogP contribution < -0.4 is 11.1 Å². The maximum atomic E-state index is 11.4. The monoisotopic (exact) mass is 266 g/mol. The smallest absolute Gasteiger partial charge is 0.338 e. The van der Waals surface area contributed by atoms with Crippen LogP contribution in [0, 0.1) is 0 Å². The van der Waals surface area contributed by atoms with Gasteiger partial charge >= 0.3 is 11.9 Å². The standard InChI is InChI=1S/C12H14N2O5/c13-8-4-1-7(2-5-8)3-6-9(15)14-10(11(16)17)12(18)19/h1-2,4-5,10H,3,6,13H2,(H,14,15)(H,16,17)(H,18,19). The van der Waals surface area contributed by atoms with Crippen LogP contribution in [0.4, 0.5) is 5.69 Å². The molecule has 0 aliphatic carbocycles. The molecule has 0 aliphatic rings. The molecule has 0 saturated carbocycles. The molecule has 1 amide bonds. The van der Waals surface area contributed by atoms with Gasteiger partial charge in [-0.05, 0) is 24.1 Å². The van der Waals surface area contributed by atoms with Gasteiger partial charge in [-0.1, -0.05) is 12.1 Å². The molecule has 7 heteroatoms. The molecule has 0 unspecified atom stereocenters. The SMILES string of the molecule is Nc1ccc(CCC(=O)NC(C(=O)O)C(=O)O)cc1. The second kappa shape index (κ2) is 6.39. The Morgan fingerprint density at radius 2 is 1.63 bits per heavy atom. The third kappa shape index (κ3) is 4.66. The van der Waals surface area contributed by atoms with E-state index in [1.54, 1.807) is 24.3 Å². The Morgan fingerprint density at radius 3 is 2.11 bits per heavy atom. The van der Waals surface area contributed by atoms with Crippen molar-refractivity contribution in [3.63, 3.8) is 0 Å². The van der Waals surface area contributed by atoms with Crippen molar-refractivity contribution in [1.29, 1.82) is 0 Å². The molecular formula is C12H14N2O5. The van der Waals surface area contributed by atoms with E-state index in [4.69, 9.17) is 15.9 Å². The average molecular weight is 266 g/mol. The van der Waals surface area contributed by atoms with Gasteiger partial charge in [0.1, 0.15) is 0 Å².